The monoisotopic (exact) mass is 264 g/mol. The van der Waals surface area contributed by atoms with Gasteiger partial charge in [0.2, 0.25) is 0 Å². The van der Waals surface area contributed by atoms with Crippen LogP contribution in [0.5, 0.6) is 0 Å². The molecule has 0 unspecified atom stereocenters. The summed E-state index contributed by atoms with van der Waals surface area (Å²) in [6.07, 6.45) is 3.74. The summed E-state index contributed by atoms with van der Waals surface area (Å²) < 4.78 is 4.56. The summed E-state index contributed by atoms with van der Waals surface area (Å²) >= 11 is 0. The van der Waals surface area contributed by atoms with Crippen molar-refractivity contribution < 1.29 is 9.53 Å². The third-order valence-electron chi connectivity index (χ3n) is 3.21. The van der Waals surface area contributed by atoms with Crippen LogP contribution in [-0.4, -0.2) is 54.4 Å². The van der Waals surface area contributed by atoms with E-state index in [0.717, 1.165) is 19.5 Å². The molecule has 0 radical (unpaired) electrons. The van der Waals surface area contributed by atoms with Crippen molar-refractivity contribution >= 4 is 11.8 Å². The molecule has 0 saturated carbocycles. The van der Waals surface area contributed by atoms with E-state index in [2.05, 4.69) is 25.2 Å². The number of hydrogen-bond donors (Lipinski definition) is 1. The lowest BCUT2D eigenvalue weighted by Crippen LogP contribution is -2.22. The van der Waals surface area contributed by atoms with Crippen LogP contribution < -0.4 is 5.32 Å². The van der Waals surface area contributed by atoms with Crippen LogP contribution in [0.2, 0.25) is 0 Å². The number of rotatable bonds is 6. The highest BCUT2D eigenvalue weighted by Crippen LogP contribution is 2.08. The quantitative estimate of drug-likeness (QED) is 0.614. The van der Waals surface area contributed by atoms with Gasteiger partial charge in [-0.2, -0.15) is 0 Å². The number of methoxy groups -OCH3 is 1. The Labute approximate surface area is 113 Å². The number of anilines is 1. The fraction of sp³-hybridized carbons (Fsp3) is 0.615. The van der Waals surface area contributed by atoms with Crippen LogP contribution in [0, 0.1) is 0 Å². The minimum absolute atomic E-state index is 0.227. The average Bonchev–Trinajstić information content (AvgIpc) is 2.96. The zero-order chi connectivity index (χ0) is 13.5. The van der Waals surface area contributed by atoms with Crippen molar-refractivity contribution in [2.24, 2.45) is 0 Å². The topological polar surface area (TPSA) is 67.3 Å². The number of ether oxygens (including phenoxy) is 1. The maximum atomic E-state index is 11.2. The molecule has 6 heteroatoms. The molecular formula is C13H20N4O2. The van der Waals surface area contributed by atoms with E-state index in [1.165, 1.54) is 33.0 Å². The molecule has 19 heavy (non-hydrogen) atoms. The minimum Gasteiger partial charge on any atom is -0.464 e. The normalized spacial score (nSPS) is 15.4. The number of aromatic nitrogens is 2. The molecule has 1 aromatic rings. The highest BCUT2D eigenvalue weighted by molar-refractivity contribution is 5.86. The Morgan fingerprint density at radius 1 is 1.37 bits per heavy atom. The summed E-state index contributed by atoms with van der Waals surface area (Å²) in [7, 11) is 1.33. The Kier molecular flexibility index (Phi) is 5.09. The first-order valence-corrected chi connectivity index (χ1v) is 6.68. The van der Waals surface area contributed by atoms with E-state index in [9.17, 15) is 4.79 Å². The van der Waals surface area contributed by atoms with Gasteiger partial charge in [-0.25, -0.2) is 4.79 Å². The van der Waals surface area contributed by atoms with Crippen molar-refractivity contribution in [3.05, 3.63) is 17.8 Å². The van der Waals surface area contributed by atoms with Crippen molar-refractivity contribution in [1.29, 1.82) is 0 Å². The van der Waals surface area contributed by atoms with Gasteiger partial charge in [0.25, 0.3) is 0 Å². The lowest BCUT2D eigenvalue weighted by Gasteiger charge is -2.14. The van der Waals surface area contributed by atoms with Gasteiger partial charge in [-0.1, -0.05) is 0 Å². The van der Waals surface area contributed by atoms with Crippen molar-refractivity contribution in [2.75, 3.05) is 38.6 Å². The molecule has 6 nitrogen and oxygen atoms in total. The van der Waals surface area contributed by atoms with Gasteiger partial charge in [-0.15, -0.1) is 10.2 Å². The molecule has 0 atom stereocenters. The third-order valence-corrected chi connectivity index (χ3v) is 3.21. The Hall–Kier alpha value is -1.69. The molecule has 1 saturated heterocycles. The summed E-state index contributed by atoms with van der Waals surface area (Å²) in [5.74, 6) is 0.224. The summed E-state index contributed by atoms with van der Waals surface area (Å²) in [5.41, 5.74) is 0.227. The van der Waals surface area contributed by atoms with Gasteiger partial charge in [0.15, 0.2) is 5.69 Å². The maximum absolute atomic E-state index is 11.2. The number of nitrogens with zero attached hydrogens (tertiary/aromatic N) is 3. The van der Waals surface area contributed by atoms with E-state index < -0.39 is 5.97 Å². The zero-order valence-corrected chi connectivity index (χ0v) is 11.3. The van der Waals surface area contributed by atoms with E-state index >= 15 is 0 Å². The summed E-state index contributed by atoms with van der Waals surface area (Å²) in [5, 5.41) is 11.0. The lowest BCUT2D eigenvalue weighted by molar-refractivity contribution is 0.0593. The molecule has 1 N–H and O–H groups in total. The molecule has 1 aliphatic rings. The zero-order valence-electron chi connectivity index (χ0n) is 11.3. The lowest BCUT2D eigenvalue weighted by atomic mass is 10.3. The highest BCUT2D eigenvalue weighted by Gasteiger charge is 2.10. The highest BCUT2D eigenvalue weighted by atomic mass is 16.5. The molecule has 0 bridgehead atoms. The van der Waals surface area contributed by atoms with Crippen LogP contribution in [-0.2, 0) is 4.74 Å². The van der Waals surface area contributed by atoms with Gasteiger partial charge in [-0.3, -0.25) is 0 Å². The number of nitrogens with one attached hydrogen (secondary N) is 1. The Balaban J connectivity index is 1.69. The van der Waals surface area contributed by atoms with Gasteiger partial charge in [0.05, 0.1) is 7.11 Å². The van der Waals surface area contributed by atoms with E-state index in [4.69, 9.17) is 0 Å². The molecule has 0 amide bonds. The van der Waals surface area contributed by atoms with Crippen molar-refractivity contribution in [2.45, 2.75) is 19.3 Å². The molecule has 1 aromatic heterocycles. The Bertz CT molecular complexity index is 402. The first-order chi connectivity index (χ1) is 9.29. The SMILES string of the molecule is COC(=O)c1ccc(NCCCN2CCCC2)nn1. The smallest absolute Gasteiger partial charge is 0.358 e. The van der Waals surface area contributed by atoms with Crippen LogP contribution in [0.1, 0.15) is 29.8 Å². The van der Waals surface area contributed by atoms with Crippen molar-refractivity contribution in [3.8, 4) is 0 Å². The Morgan fingerprint density at radius 2 is 2.16 bits per heavy atom. The fourth-order valence-corrected chi connectivity index (χ4v) is 2.17. The predicted octanol–water partition coefficient (Wildman–Crippen LogP) is 1.16. The molecule has 2 rings (SSSR count). The second kappa shape index (κ2) is 7.04. The number of esters is 1. The van der Waals surface area contributed by atoms with Crippen LogP contribution in [0.4, 0.5) is 5.82 Å². The third kappa shape index (κ3) is 4.17. The molecule has 0 aromatic carbocycles. The minimum atomic E-state index is -0.465. The molecule has 104 valence electrons. The van der Waals surface area contributed by atoms with Gasteiger partial charge >= 0.3 is 5.97 Å². The second-order valence-electron chi connectivity index (χ2n) is 4.62. The molecule has 1 fully saturated rings. The maximum Gasteiger partial charge on any atom is 0.358 e. The largest absolute Gasteiger partial charge is 0.464 e. The molecule has 1 aliphatic heterocycles. The van der Waals surface area contributed by atoms with Crippen LogP contribution in [0.25, 0.3) is 0 Å². The Morgan fingerprint density at radius 3 is 2.79 bits per heavy atom. The van der Waals surface area contributed by atoms with Gasteiger partial charge < -0.3 is 15.0 Å². The number of carbonyl (C=O) groups is 1. The first kappa shape index (κ1) is 13.7. The summed E-state index contributed by atoms with van der Waals surface area (Å²) in [4.78, 5) is 13.7. The van der Waals surface area contributed by atoms with E-state index in [-0.39, 0.29) is 5.69 Å². The van der Waals surface area contributed by atoms with Gasteiger partial charge in [0.1, 0.15) is 5.82 Å². The summed E-state index contributed by atoms with van der Waals surface area (Å²) in [6.45, 7) is 4.45. The van der Waals surface area contributed by atoms with Gasteiger partial charge in [-0.05, 0) is 51.0 Å². The number of carbonyl (C=O) groups excluding carboxylic acids is 1. The van der Waals surface area contributed by atoms with Crippen LogP contribution in [0.3, 0.4) is 0 Å². The van der Waals surface area contributed by atoms with Crippen molar-refractivity contribution in [3.63, 3.8) is 0 Å². The van der Waals surface area contributed by atoms with E-state index in [1.54, 1.807) is 12.1 Å². The molecular weight excluding hydrogens is 244 g/mol. The summed E-state index contributed by atoms with van der Waals surface area (Å²) in [6, 6.07) is 3.36. The van der Waals surface area contributed by atoms with Crippen molar-refractivity contribution in [1.82, 2.24) is 15.1 Å². The fourth-order valence-electron chi connectivity index (χ4n) is 2.17. The standard InChI is InChI=1S/C13H20N4O2/c1-19-13(18)11-5-6-12(16-15-11)14-7-4-10-17-8-2-3-9-17/h5-6H,2-4,7-10H2,1H3,(H,14,16). The van der Waals surface area contributed by atoms with Gasteiger partial charge in [0, 0.05) is 6.54 Å². The van der Waals surface area contributed by atoms with E-state index in [1.807, 2.05) is 0 Å². The molecule has 0 aliphatic carbocycles. The molecule has 0 spiro atoms. The van der Waals surface area contributed by atoms with E-state index in [0.29, 0.717) is 5.82 Å². The second-order valence-corrected chi connectivity index (χ2v) is 4.62. The number of likely N-dealkylation sites (tertiary alicyclic amines) is 1. The number of hydrogen-bond acceptors (Lipinski definition) is 6. The average molecular weight is 264 g/mol. The predicted molar refractivity (Wildman–Crippen MR) is 72.2 cm³/mol. The molecule has 2 heterocycles. The first-order valence-electron chi connectivity index (χ1n) is 6.68. The van der Waals surface area contributed by atoms with Crippen LogP contribution in [0.15, 0.2) is 12.1 Å². The van der Waals surface area contributed by atoms with Crippen LogP contribution >= 0.6 is 0 Å².